The summed E-state index contributed by atoms with van der Waals surface area (Å²) in [6.07, 6.45) is 31.9. The van der Waals surface area contributed by atoms with Gasteiger partial charge in [0.25, 0.3) is 0 Å². The number of carbonyl (C=O) groups is 1. The summed E-state index contributed by atoms with van der Waals surface area (Å²) in [6, 6.07) is 0. The van der Waals surface area contributed by atoms with E-state index in [1.54, 1.807) is 0 Å². The number of unbranched alkanes of at least 4 members (excludes halogenated alkanes) is 10. The van der Waals surface area contributed by atoms with Gasteiger partial charge in [0, 0.05) is 11.8 Å². The Kier molecular flexibility index (Phi) is 13.9. The average molecular weight is 599 g/mol. The van der Waals surface area contributed by atoms with E-state index in [0.29, 0.717) is 11.8 Å². The van der Waals surface area contributed by atoms with Crippen molar-refractivity contribution in [2.24, 2.45) is 52.3 Å². The maximum Gasteiger partial charge on any atom is 0.306 e. The van der Waals surface area contributed by atoms with E-state index in [-0.39, 0.29) is 17.5 Å². The first-order valence-corrected chi connectivity index (χ1v) is 19.9. The Morgan fingerprint density at radius 3 is 2.07 bits per heavy atom. The summed E-state index contributed by atoms with van der Waals surface area (Å²) >= 11 is 0. The molecule has 250 valence electrons. The zero-order chi connectivity index (χ0) is 30.9. The lowest BCUT2D eigenvalue weighted by atomic mass is 9.44. The minimum atomic E-state index is 0.113. The highest BCUT2D eigenvalue weighted by molar-refractivity contribution is 5.69. The van der Waals surface area contributed by atoms with Gasteiger partial charge in [-0.15, -0.1) is 0 Å². The Morgan fingerprint density at radius 1 is 0.721 bits per heavy atom. The van der Waals surface area contributed by atoms with Gasteiger partial charge in [-0.25, -0.2) is 0 Å². The molecule has 4 aliphatic carbocycles. The first-order chi connectivity index (χ1) is 20.7. The number of carbonyl (C=O) groups excluding carboxylic acids is 1. The van der Waals surface area contributed by atoms with Crippen LogP contribution >= 0.6 is 0 Å². The van der Waals surface area contributed by atoms with Crippen LogP contribution in [0.3, 0.4) is 0 Å². The summed E-state index contributed by atoms with van der Waals surface area (Å²) in [5.74, 6) is 6.02. The number of rotatable bonds is 18. The fourth-order valence-electron chi connectivity index (χ4n) is 11.6. The quantitative estimate of drug-likeness (QED) is 0.116. The predicted molar refractivity (Wildman–Crippen MR) is 184 cm³/mol. The standard InChI is InChI=1S/C41H74O2/c1-7-8-9-10-11-12-13-14-15-16-17-24-39(42)43-38-23-19-22-33-25-26-34-36-28-27-35(32(4)21-18-20-31(2)3)40(36,5)30-29-37(34)41(33,38)6/h31-38H,7-30H2,1-6H3/t32-,33+,34+,35-,36-,37-,38?,40+,41-/m0/s1. The zero-order valence-corrected chi connectivity index (χ0v) is 29.9. The molecule has 0 N–H and O–H groups in total. The molecule has 2 heteroatoms. The van der Waals surface area contributed by atoms with Crippen molar-refractivity contribution in [1.29, 1.82) is 0 Å². The van der Waals surface area contributed by atoms with E-state index in [1.807, 2.05) is 0 Å². The fraction of sp³-hybridized carbons (Fsp3) is 0.976. The van der Waals surface area contributed by atoms with Crippen LogP contribution in [0.25, 0.3) is 0 Å². The number of hydrogen-bond donors (Lipinski definition) is 0. The molecule has 2 nitrogen and oxygen atoms in total. The van der Waals surface area contributed by atoms with Gasteiger partial charge in [0.2, 0.25) is 0 Å². The molecule has 4 saturated carbocycles. The molecular formula is C41H74O2. The highest BCUT2D eigenvalue weighted by Gasteiger charge is 2.62. The molecule has 4 rings (SSSR count). The number of esters is 1. The van der Waals surface area contributed by atoms with Crippen LogP contribution in [0.4, 0.5) is 0 Å². The molecule has 0 aromatic carbocycles. The normalized spacial score (nSPS) is 36.2. The lowest BCUT2D eigenvalue weighted by Gasteiger charge is -2.62. The first kappa shape index (κ1) is 35.3. The molecular weight excluding hydrogens is 524 g/mol. The lowest BCUT2D eigenvalue weighted by Crippen LogP contribution is -2.58. The Hall–Kier alpha value is -0.530. The third-order valence-corrected chi connectivity index (χ3v) is 14.1. The third kappa shape index (κ3) is 8.64. The maximum atomic E-state index is 13.2. The Labute approximate surface area is 269 Å². The van der Waals surface area contributed by atoms with Crippen molar-refractivity contribution in [3.63, 3.8) is 0 Å². The SMILES string of the molecule is CCCCCCCCCCCCCC(=O)OC1CCC[C@@H]2CC[C@@H]3[C@@H]4CC[C@@H]([C@@H](C)CCCC(C)C)[C@@]4(C)CC[C@@H]3[C@@]12C. The summed E-state index contributed by atoms with van der Waals surface area (Å²) in [5, 5.41) is 0. The molecule has 4 aliphatic rings. The van der Waals surface area contributed by atoms with E-state index in [0.717, 1.165) is 54.3 Å². The molecule has 0 spiro atoms. The average Bonchev–Trinajstić information content (AvgIpc) is 3.33. The van der Waals surface area contributed by atoms with Crippen molar-refractivity contribution < 1.29 is 9.53 Å². The van der Waals surface area contributed by atoms with Gasteiger partial charge < -0.3 is 4.74 Å². The van der Waals surface area contributed by atoms with Gasteiger partial charge >= 0.3 is 5.97 Å². The summed E-state index contributed by atoms with van der Waals surface area (Å²) in [5.41, 5.74) is 0.744. The molecule has 4 fully saturated rings. The van der Waals surface area contributed by atoms with E-state index >= 15 is 0 Å². The number of hydrogen-bond acceptors (Lipinski definition) is 2. The monoisotopic (exact) mass is 599 g/mol. The van der Waals surface area contributed by atoms with E-state index < -0.39 is 0 Å². The van der Waals surface area contributed by atoms with Gasteiger partial charge in [-0.3, -0.25) is 4.79 Å². The Balaban J connectivity index is 1.26. The van der Waals surface area contributed by atoms with E-state index in [1.165, 1.54) is 135 Å². The zero-order valence-electron chi connectivity index (χ0n) is 29.9. The molecule has 0 aromatic heterocycles. The molecule has 0 aliphatic heterocycles. The topological polar surface area (TPSA) is 26.3 Å². The van der Waals surface area contributed by atoms with Crippen molar-refractivity contribution in [3.8, 4) is 0 Å². The lowest BCUT2D eigenvalue weighted by molar-refractivity contribution is -0.192. The Bertz CT molecular complexity index is 819. The van der Waals surface area contributed by atoms with Crippen LogP contribution in [0.15, 0.2) is 0 Å². The van der Waals surface area contributed by atoms with Gasteiger partial charge in [-0.2, -0.15) is 0 Å². The van der Waals surface area contributed by atoms with Crippen molar-refractivity contribution in [1.82, 2.24) is 0 Å². The molecule has 0 heterocycles. The second kappa shape index (κ2) is 16.9. The molecule has 0 saturated heterocycles. The van der Waals surface area contributed by atoms with Gasteiger partial charge in [0.05, 0.1) is 0 Å². The first-order valence-electron chi connectivity index (χ1n) is 19.9. The minimum absolute atomic E-state index is 0.113. The van der Waals surface area contributed by atoms with Gasteiger partial charge in [0.1, 0.15) is 6.10 Å². The molecule has 1 unspecified atom stereocenters. The van der Waals surface area contributed by atoms with E-state index in [9.17, 15) is 4.79 Å². The molecule has 0 aromatic rings. The second-order valence-electron chi connectivity index (χ2n) is 17.2. The summed E-state index contributed by atoms with van der Waals surface area (Å²) < 4.78 is 6.53. The van der Waals surface area contributed by atoms with Crippen LogP contribution in [0, 0.1) is 52.3 Å². The fourth-order valence-corrected chi connectivity index (χ4v) is 11.6. The number of ether oxygens (including phenoxy) is 1. The largest absolute Gasteiger partial charge is 0.462 e. The van der Waals surface area contributed by atoms with Gasteiger partial charge in [-0.05, 0) is 111 Å². The summed E-state index contributed by atoms with van der Waals surface area (Å²) in [4.78, 5) is 13.2. The molecule has 0 amide bonds. The maximum absolute atomic E-state index is 13.2. The van der Waals surface area contributed by atoms with Crippen molar-refractivity contribution in [2.45, 2.75) is 202 Å². The van der Waals surface area contributed by atoms with Gasteiger partial charge in [0.15, 0.2) is 0 Å². The van der Waals surface area contributed by atoms with Crippen LogP contribution in [0.5, 0.6) is 0 Å². The summed E-state index contributed by atoms with van der Waals surface area (Å²) in [7, 11) is 0. The molecule has 0 bridgehead atoms. The highest BCUT2D eigenvalue weighted by Crippen LogP contribution is 2.68. The van der Waals surface area contributed by atoms with Crippen molar-refractivity contribution in [2.75, 3.05) is 0 Å². The predicted octanol–water partition coefficient (Wildman–Crippen LogP) is 12.7. The van der Waals surface area contributed by atoms with Crippen LogP contribution in [-0.2, 0) is 9.53 Å². The third-order valence-electron chi connectivity index (χ3n) is 14.1. The Morgan fingerprint density at radius 2 is 1.40 bits per heavy atom. The molecule has 9 atom stereocenters. The van der Waals surface area contributed by atoms with Crippen LogP contribution in [-0.4, -0.2) is 12.1 Å². The number of fused-ring (bicyclic) bond motifs is 5. The van der Waals surface area contributed by atoms with Crippen LogP contribution < -0.4 is 0 Å². The van der Waals surface area contributed by atoms with E-state index in [4.69, 9.17) is 4.74 Å². The summed E-state index contributed by atoms with van der Waals surface area (Å²) in [6.45, 7) is 14.9. The van der Waals surface area contributed by atoms with E-state index in [2.05, 4.69) is 41.5 Å². The van der Waals surface area contributed by atoms with Crippen LogP contribution in [0.2, 0.25) is 0 Å². The minimum Gasteiger partial charge on any atom is -0.462 e. The molecule has 43 heavy (non-hydrogen) atoms. The van der Waals surface area contributed by atoms with Crippen molar-refractivity contribution >= 4 is 5.97 Å². The molecule has 0 radical (unpaired) electrons. The van der Waals surface area contributed by atoms with Crippen molar-refractivity contribution in [3.05, 3.63) is 0 Å². The highest BCUT2D eigenvalue weighted by atomic mass is 16.5. The second-order valence-corrected chi connectivity index (χ2v) is 17.2. The van der Waals surface area contributed by atoms with Gasteiger partial charge in [-0.1, -0.05) is 125 Å². The van der Waals surface area contributed by atoms with Crippen LogP contribution in [0.1, 0.15) is 196 Å². The smallest absolute Gasteiger partial charge is 0.306 e.